The van der Waals surface area contributed by atoms with Crippen molar-refractivity contribution in [3.05, 3.63) is 41.7 Å². The number of hydrogen-bond acceptors (Lipinski definition) is 2. The van der Waals surface area contributed by atoms with Crippen molar-refractivity contribution in [2.45, 2.75) is 0 Å². The van der Waals surface area contributed by atoms with E-state index in [2.05, 4.69) is 47.8 Å². The van der Waals surface area contributed by atoms with Crippen LogP contribution in [0.3, 0.4) is 0 Å². The first-order valence-electron chi connectivity index (χ1n) is 4.99. The van der Waals surface area contributed by atoms with E-state index in [1.807, 2.05) is 0 Å². The fraction of sp³-hybridized carbons (Fsp3) is 0. The van der Waals surface area contributed by atoms with Gasteiger partial charge in [-0.15, -0.1) is 0 Å². The Labute approximate surface area is 144 Å². The van der Waals surface area contributed by atoms with Gasteiger partial charge in [0.1, 0.15) is 0 Å². The monoisotopic (exact) mass is 486 g/mol. The highest BCUT2D eigenvalue weighted by atomic mass is 79.9. The van der Waals surface area contributed by atoms with Crippen LogP contribution in [0.15, 0.2) is 31.6 Å². The van der Waals surface area contributed by atoms with E-state index in [0.717, 1.165) is 4.47 Å². The minimum Gasteiger partial charge on any atom is -0.448 e. The molecular weight excluding hydrogens is 487 g/mol. The van der Waals surface area contributed by atoms with Gasteiger partial charge in [-0.3, -0.25) is 0 Å². The standard InChI is InChI=1S/C12H3Br3Cl2O2/c13-5-1-4(16)2-7-11(5)18-8-3-6(17)9(14)10(15)12(8)19-7/h1-3H. The van der Waals surface area contributed by atoms with Crippen molar-refractivity contribution in [1.29, 1.82) is 0 Å². The molecule has 2 nitrogen and oxygen atoms in total. The first-order chi connectivity index (χ1) is 8.97. The highest BCUT2D eigenvalue weighted by molar-refractivity contribution is 9.13. The third-order valence-corrected chi connectivity index (χ3v) is 5.93. The van der Waals surface area contributed by atoms with Gasteiger partial charge in [-0.2, -0.15) is 0 Å². The van der Waals surface area contributed by atoms with E-state index < -0.39 is 0 Å². The molecule has 0 aromatic heterocycles. The maximum absolute atomic E-state index is 6.10. The van der Waals surface area contributed by atoms with Gasteiger partial charge in [-0.1, -0.05) is 23.2 Å². The van der Waals surface area contributed by atoms with E-state index in [-0.39, 0.29) is 0 Å². The van der Waals surface area contributed by atoms with E-state index >= 15 is 0 Å². The predicted molar refractivity (Wildman–Crippen MR) is 86.2 cm³/mol. The van der Waals surface area contributed by atoms with E-state index in [9.17, 15) is 0 Å². The number of rotatable bonds is 0. The summed E-state index contributed by atoms with van der Waals surface area (Å²) in [6.07, 6.45) is 0. The van der Waals surface area contributed by atoms with Crippen LogP contribution in [0.2, 0.25) is 10.0 Å². The van der Waals surface area contributed by atoms with Crippen molar-refractivity contribution in [3.63, 3.8) is 0 Å². The van der Waals surface area contributed by atoms with Crippen molar-refractivity contribution in [3.8, 4) is 23.0 Å². The Morgan fingerprint density at radius 1 is 0.789 bits per heavy atom. The maximum atomic E-state index is 6.10. The Hall–Kier alpha value is 0.0600. The lowest BCUT2D eigenvalue weighted by molar-refractivity contribution is 0.355. The molecule has 0 unspecified atom stereocenters. The third kappa shape index (κ3) is 2.40. The molecule has 7 heteroatoms. The summed E-state index contributed by atoms with van der Waals surface area (Å²) in [6.45, 7) is 0. The van der Waals surface area contributed by atoms with E-state index in [1.165, 1.54) is 0 Å². The van der Waals surface area contributed by atoms with Gasteiger partial charge in [0.25, 0.3) is 0 Å². The van der Waals surface area contributed by atoms with E-state index in [1.54, 1.807) is 18.2 Å². The van der Waals surface area contributed by atoms with Crippen LogP contribution in [0.5, 0.6) is 23.0 Å². The molecule has 0 bridgehead atoms. The number of fused-ring (bicyclic) bond motifs is 2. The Kier molecular flexibility index (Phi) is 3.77. The fourth-order valence-corrected chi connectivity index (χ4v) is 3.61. The van der Waals surface area contributed by atoms with Gasteiger partial charge in [0.05, 0.1) is 18.4 Å². The van der Waals surface area contributed by atoms with Gasteiger partial charge in [0.15, 0.2) is 23.0 Å². The molecular formula is C12H3Br3Cl2O2. The second kappa shape index (κ2) is 5.11. The Morgan fingerprint density at radius 2 is 1.42 bits per heavy atom. The normalized spacial score (nSPS) is 12.3. The summed E-state index contributed by atoms with van der Waals surface area (Å²) in [4.78, 5) is 0. The molecule has 2 aromatic carbocycles. The molecule has 1 aliphatic rings. The molecule has 0 saturated heterocycles. The van der Waals surface area contributed by atoms with Crippen molar-refractivity contribution in [2.24, 2.45) is 0 Å². The molecule has 0 saturated carbocycles. The molecule has 1 heterocycles. The van der Waals surface area contributed by atoms with Crippen molar-refractivity contribution < 1.29 is 9.47 Å². The lowest BCUT2D eigenvalue weighted by Gasteiger charge is -2.23. The molecule has 0 aliphatic carbocycles. The van der Waals surface area contributed by atoms with Gasteiger partial charge >= 0.3 is 0 Å². The molecule has 0 atom stereocenters. The molecule has 19 heavy (non-hydrogen) atoms. The largest absolute Gasteiger partial charge is 0.448 e. The van der Waals surface area contributed by atoms with Crippen molar-refractivity contribution in [2.75, 3.05) is 0 Å². The number of ether oxygens (including phenoxy) is 2. The summed E-state index contributed by atoms with van der Waals surface area (Å²) >= 11 is 22.3. The first-order valence-corrected chi connectivity index (χ1v) is 8.13. The van der Waals surface area contributed by atoms with E-state index in [4.69, 9.17) is 32.7 Å². The van der Waals surface area contributed by atoms with Gasteiger partial charge in [0, 0.05) is 17.2 Å². The molecule has 1 aliphatic heterocycles. The zero-order chi connectivity index (χ0) is 13.7. The van der Waals surface area contributed by atoms with Crippen LogP contribution in [-0.4, -0.2) is 0 Å². The summed E-state index contributed by atoms with van der Waals surface area (Å²) in [5.74, 6) is 2.21. The molecule has 0 radical (unpaired) electrons. The van der Waals surface area contributed by atoms with Gasteiger partial charge < -0.3 is 9.47 Å². The van der Waals surface area contributed by atoms with Crippen LogP contribution in [-0.2, 0) is 0 Å². The van der Waals surface area contributed by atoms with Gasteiger partial charge in [0.2, 0.25) is 0 Å². The van der Waals surface area contributed by atoms with E-state index in [0.29, 0.717) is 42.0 Å². The fourth-order valence-electron chi connectivity index (χ4n) is 1.66. The zero-order valence-electron chi connectivity index (χ0n) is 8.94. The minimum absolute atomic E-state index is 0.530. The van der Waals surface area contributed by atoms with Gasteiger partial charge in [-0.05, 0) is 53.9 Å². The summed E-state index contributed by atoms with van der Waals surface area (Å²) in [7, 11) is 0. The average molecular weight is 490 g/mol. The maximum Gasteiger partial charge on any atom is 0.185 e. The smallest absolute Gasteiger partial charge is 0.185 e. The third-order valence-electron chi connectivity index (χ3n) is 2.48. The number of hydrogen-bond donors (Lipinski definition) is 0. The quantitative estimate of drug-likeness (QED) is 0.311. The Balaban J connectivity index is 2.20. The van der Waals surface area contributed by atoms with Crippen LogP contribution in [0.25, 0.3) is 0 Å². The topological polar surface area (TPSA) is 18.5 Å². The predicted octanol–water partition coefficient (Wildman–Crippen LogP) is 7.18. The summed E-state index contributed by atoms with van der Waals surface area (Å²) in [6, 6.07) is 5.12. The summed E-state index contributed by atoms with van der Waals surface area (Å²) in [5, 5.41) is 1.09. The van der Waals surface area contributed by atoms with Gasteiger partial charge in [-0.25, -0.2) is 0 Å². The molecule has 3 rings (SSSR count). The second-order valence-electron chi connectivity index (χ2n) is 3.73. The average Bonchev–Trinajstić information content (AvgIpc) is 2.35. The molecule has 0 amide bonds. The van der Waals surface area contributed by atoms with Crippen LogP contribution in [0, 0.1) is 0 Å². The van der Waals surface area contributed by atoms with Crippen molar-refractivity contribution >= 4 is 71.0 Å². The summed E-state index contributed by atoms with van der Waals surface area (Å²) in [5.41, 5.74) is 0. The molecule has 0 spiro atoms. The Morgan fingerprint density at radius 3 is 2.16 bits per heavy atom. The molecule has 0 N–H and O–H groups in total. The highest BCUT2D eigenvalue weighted by Gasteiger charge is 2.26. The zero-order valence-corrected chi connectivity index (χ0v) is 15.2. The lowest BCUT2D eigenvalue weighted by Crippen LogP contribution is -2.01. The van der Waals surface area contributed by atoms with Crippen LogP contribution >= 0.6 is 71.0 Å². The van der Waals surface area contributed by atoms with Crippen LogP contribution in [0.1, 0.15) is 0 Å². The summed E-state index contributed by atoms with van der Waals surface area (Å²) < 4.78 is 13.8. The van der Waals surface area contributed by atoms with Crippen molar-refractivity contribution in [1.82, 2.24) is 0 Å². The Bertz CT molecular complexity index is 704. The van der Waals surface area contributed by atoms with Crippen LogP contribution in [0.4, 0.5) is 0 Å². The lowest BCUT2D eigenvalue weighted by atomic mass is 10.2. The van der Waals surface area contributed by atoms with Crippen LogP contribution < -0.4 is 9.47 Å². The number of halogens is 5. The SMILES string of the molecule is Clc1cc(Br)c2c(c1)Oc1c(cc(Cl)c(Br)c1Br)O2. The molecule has 2 aromatic rings. The second-order valence-corrected chi connectivity index (χ2v) is 7.02. The number of benzene rings is 2. The molecule has 0 fully saturated rings. The minimum atomic E-state index is 0.530. The molecule has 98 valence electrons. The highest BCUT2D eigenvalue weighted by Crippen LogP contribution is 2.54. The first kappa shape index (κ1) is 14.0.